The first kappa shape index (κ1) is 19.2. The molecular weight excluding hydrogens is 368 g/mol. The summed E-state index contributed by atoms with van der Waals surface area (Å²) >= 11 is 0. The molecule has 3 aromatic carbocycles. The molecule has 142 valence electrons. The van der Waals surface area contributed by atoms with E-state index in [2.05, 4.69) is 5.32 Å². The largest absolute Gasteiger partial charge is 0.416 e. The van der Waals surface area contributed by atoms with Crippen LogP contribution in [0.15, 0.2) is 60.7 Å². The third kappa shape index (κ3) is 4.60. The van der Waals surface area contributed by atoms with E-state index in [4.69, 9.17) is 0 Å². The zero-order valence-corrected chi connectivity index (χ0v) is 14.0. The van der Waals surface area contributed by atoms with E-state index in [0.29, 0.717) is 6.54 Å². The van der Waals surface area contributed by atoms with Crippen molar-refractivity contribution in [3.63, 3.8) is 0 Å². The van der Waals surface area contributed by atoms with Crippen molar-refractivity contribution in [2.24, 2.45) is 0 Å². The maximum Gasteiger partial charge on any atom is 0.416 e. The lowest BCUT2D eigenvalue weighted by atomic mass is 10.0. The molecule has 3 aromatic rings. The highest BCUT2D eigenvalue weighted by Gasteiger charge is 2.36. The molecule has 0 spiro atoms. The standard InChI is InChI=1S/C20H15F6N/c21-19(22,23)16-8-13(9-17(10-16)20(24,25)26)11-27-12-15-6-3-5-14-4-1-2-7-18(14)15/h1-10,27H,11-12H2. The van der Waals surface area contributed by atoms with E-state index >= 15 is 0 Å². The summed E-state index contributed by atoms with van der Waals surface area (Å²) in [6.45, 7) is 0.204. The first-order valence-corrected chi connectivity index (χ1v) is 8.10. The Morgan fingerprint density at radius 2 is 1.26 bits per heavy atom. The molecule has 0 unspecified atom stereocenters. The predicted molar refractivity (Wildman–Crippen MR) is 90.9 cm³/mol. The fourth-order valence-electron chi connectivity index (χ4n) is 2.91. The van der Waals surface area contributed by atoms with Crippen LogP contribution in [0.25, 0.3) is 10.8 Å². The number of fused-ring (bicyclic) bond motifs is 1. The van der Waals surface area contributed by atoms with Gasteiger partial charge in [0.25, 0.3) is 0 Å². The Labute approximate surface area is 151 Å². The molecule has 0 saturated heterocycles. The maximum atomic E-state index is 12.9. The summed E-state index contributed by atoms with van der Waals surface area (Å²) in [4.78, 5) is 0. The molecule has 0 aliphatic rings. The summed E-state index contributed by atoms with van der Waals surface area (Å²) in [5, 5.41) is 4.92. The van der Waals surface area contributed by atoms with Crippen LogP contribution in [0.4, 0.5) is 26.3 Å². The predicted octanol–water partition coefficient (Wildman–Crippen LogP) is 6.17. The second kappa shape index (κ2) is 7.23. The van der Waals surface area contributed by atoms with Crippen molar-refractivity contribution in [1.82, 2.24) is 5.32 Å². The number of rotatable bonds is 4. The highest BCUT2D eigenvalue weighted by Crippen LogP contribution is 2.36. The third-order valence-corrected chi connectivity index (χ3v) is 4.17. The maximum absolute atomic E-state index is 12.9. The Morgan fingerprint density at radius 3 is 1.89 bits per heavy atom. The number of benzene rings is 3. The molecule has 1 nitrogen and oxygen atoms in total. The number of halogens is 6. The van der Waals surface area contributed by atoms with Crippen LogP contribution in [0.2, 0.25) is 0 Å². The molecule has 0 aromatic heterocycles. The highest BCUT2D eigenvalue weighted by molar-refractivity contribution is 5.85. The summed E-state index contributed by atoms with van der Waals surface area (Å²) in [5.41, 5.74) is -1.77. The third-order valence-electron chi connectivity index (χ3n) is 4.17. The summed E-state index contributed by atoms with van der Waals surface area (Å²) in [6, 6.07) is 14.9. The average molecular weight is 383 g/mol. The fourth-order valence-corrected chi connectivity index (χ4v) is 2.91. The Balaban J connectivity index is 1.81. The van der Waals surface area contributed by atoms with Gasteiger partial charge in [0.05, 0.1) is 11.1 Å². The van der Waals surface area contributed by atoms with Crippen LogP contribution in [-0.2, 0) is 25.4 Å². The van der Waals surface area contributed by atoms with Gasteiger partial charge in [0.2, 0.25) is 0 Å². The van der Waals surface area contributed by atoms with E-state index in [1.807, 2.05) is 42.5 Å². The minimum Gasteiger partial charge on any atom is -0.309 e. The molecule has 0 heterocycles. The molecule has 7 heteroatoms. The molecule has 0 bridgehead atoms. The molecule has 1 N–H and O–H groups in total. The van der Waals surface area contributed by atoms with E-state index < -0.39 is 23.5 Å². The van der Waals surface area contributed by atoms with Crippen molar-refractivity contribution in [3.05, 3.63) is 82.9 Å². The van der Waals surface area contributed by atoms with Crippen LogP contribution in [-0.4, -0.2) is 0 Å². The average Bonchev–Trinajstić information content (AvgIpc) is 2.60. The van der Waals surface area contributed by atoms with Crippen molar-refractivity contribution in [2.75, 3.05) is 0 Å². The second-order valence-corrected chi connectivity index (χ2v) is 6.16. The zero-order valence-electron chi connectivity index (χ0n) is 14.0. The fraction of sp³-hybridized carbons (Fsp3) is 0.200. The normalized spacial score (nSPS) is 12.5. The van der Waals surface area contributed by atoms with Gasteiger partial charge in [-0.15, -0.1) is 0 Å². The summed E-state index contributed by atoms with van der Waals surface area (Å²) < 4.78 is 77.5. The number of hydrogen-bond donors (Lipinski definition) is 1. The van der Waals surface area contributed by atoms with Crippen LogP contribution in [0.1, 0.15) is 22.3 Å². The molecule has 0 radical (unpaired) electrons. The minimum atomic E-state index is -4.84. The Kier molecular flexibility index (Phi) is 5.15. The number of alkyl halides is 6. The highest BCUT2D eigenvalue weighted by atomic mass is 19.4. The van der Waals surface area contributed by atoms with E-state index in [1.165, 1.54) is 0 Å². The van der Waals surface area contributed by atoms with Gasteiger partial charge in [-0.25, -0.2) is 0 Å². The molecule has 0 fully saturated rings. The van der Waals surface area contributed by atoms with Crippen LogP contribution >= 0.6 is 0 Å². The summed E-state index contributed by atoms with van der Waals surface area (Å²) in [6.07, 6.45) is -9.68. The minimum absolute atomic E-state index is 0.0719. The molecule has 0 aliphatic carbocycles. The smallest absolute Gasteiger partial charge is 0.309 e. The van der Waals surface area contributed by atoms with Crippen molar-refractivity contribution < 1.29 is 26.3 Å². The van der Waals surface area contributed by atoms with Crippen molar-refractivity contribution in [3.8, 4) is 0 Å². The molecule has 0 atom stereocenters. The van der Waals surface area contributed by atoms with Gasteiger partial charge >= 0.3 is 12.4 Å². The van der Waals surface area contributed by atoms with Crippen LogP contribution in [0, 0.1) is 0 Å². The van der Waals surface area contributed by atoms with Gasteiger partial charge in [0.1, 0.15) is 0 Å². The lowest BCUT2D eigenvalue weighted by Gasteiger charge is -2.15. The molecule has 3 rings (SSSR count). The quantitative estimate of drug-likeness (QED) is 0.532. The molecule has 0 aliphatic heterocycles. The number of hydrogen-bond acceptors (Lipinski definition) is 1. The Hall–Kier alpha value is -2.54. The summed E-state index contributed by atoms with van der Waals surface area (Å²) in [7, 11) is 0. The van der Waals surface area contributed by atoms with E-state index in [0.717, 1.165) is 28.5 Å². The van der Waals surface area contributed by atoms with Crippen molar-refractivity contribution in [2.45, 2.75) is 25.4 Å². The van der Waals surface area contributed by atoms with Gasteiger partial charge < -0.3 is 5.32 Å². The van der Waals surface area contributed by atoms with E-state index in [-0.39, 0.29) is 18.2 Å². The van der Waals surface area contributed by atoms with Gasteiger partial charge in [-0.1, -0.05) is 42.5 Å². The molecule has 0 saturated carbocycles. The van der Waals surface area contributed by atoms with Crippen molar-refractivity contribution >= 4 is 10.8 Å². The van der Waals surface area contributed by atoms with Gasteiger partial charge in [0.15, 0.2) is 0 Å². The SMILES string of the molecule is FC(F)(F)c1cc(CNCc2cccc3ccccc23)cc(C(F)(F)F)c1. The van der Waals surface area contributed by atoms with Gasteiger partial charge in [-0.2, -0.15) is 26.3 Å². The van der Waals surface area contributed by atoms with Gasteiger partial charge in [0, 0.05) is 13.1 Å². The first-order valence-electron chi connectivity index (χ1n) is 8.10. The zero-order chi connectivity index (χ0) is 19.7. The van der Waals surface area contributed by atoms with Crippen molar-refractivity contribution in [1.29, 1.82) is 0 Å². The molecular formula is C20H15F6N. The van der Waals surface area contributed by atoms with Crippen LogP contribution in [0.3, 0.4) is 0 Å². The second-order valence-electron chi connectivity index (χ2n) is 6.16. The first-order chi connectivity index (χ1) is 12.6. The van der Waals surface area contributed by atoms with Gasteiger partial charge in [-0.3, -0.25) is 0 Å². The van der Waals surface area contributed by atoms with Gasteiger partial charge in [-0.05, 0) is 40.1 Å². The number of nitrogens with one attached hydrogen (secondary N) is 1. The van der Waals surface area contributed by atoms with Crippen LogP contribution < -0.4 is 5.32 Å². The van der Waals surface area contributed by atoms with E-state index in [1.54, 1.807) is 0 Å². The molecule has 27 heavy (non-hydrogen) atoms. The lowest BCUT2D eigenvalue weighted by molar-refractivity contribution is -0.143. The summed E-state index contributed by atoms with van der Waals surface area (Å²) in [5.74, 6) is 0. The lowest BCUT2D eigenvalue weighted by Crippen LogP contribution is -2.16. The van der Waals surface area contributed by atoms with E-state index in [9.17, 15) is 26.3 Å². The monoisotopic (exact) mass is 383 g/mol. The Morgan fingerprint density at radius 1 is 0.667 bits per heavy atom. The molecule has 0 amide bonds. The van der Waals surface area contributed by atoms with Crippen LogP contribution in [0.5, 0.6) is 0 Å². The Bertz CT molecular complexity index is 906. The topological polar surface area (TPSA) is 12.0 Å².